The van der Waals surface area contributed by atoms with Crippen molar-refractivity contribution in [3.05, 3.63) is 90.4 Å². The molecule has 8 nitrogen and oxygen atoms in total. The van der Waals surface area contributed by atoms with E-state index in [2.05, 4.69) is 42.9 Å². The Morgan fingerprint density at radius 1 is 1.00 bits per heavy atom. The van der Waals surface area contributed by atoms with E-state index in [1.807, 2.05) is 54.6 Å². The number of benzene rings is 2. The predicted molar refractivity (Wildman–Crippen MR) is 144 cm³/mol. The van der Waals surface area contributed by atoms with Crippen LogP contribution < -0.4 is 10.6 Å². The zero-order chi connectivity index (χ0) is 25.2. The Balaban J connectivity index is 1.15. The number of carbonyl (C=O) groups excluding carboxylic acids is 2. The zero-order valence-corrected chi connectivity index (χ0v) is 20.1. The number of anilines is 1. The summed E-state index contributed by atoms with van der Waals surface area (Å²) in [5.41, 5.74) is 5.69. The first-order chi connectivity index (χ1) is 18.1. The van der Waals surface area contributed by atoms with Crippen LogP contribution in [-0.2, 0) is 11.2 Å². The first kappa shape index (κ1) is 22.8. The van der Waals surface area contributed by atoms with Gasteiger partial charge >= 0.3 is 0 Å². The highest BCUT2D eigenvalue weighted by molar-refractivity contribution is 6.06. The van der Waals surface area contributed by atoms with E-state index in [0.29, 0.717) is 17.9 Å². The molecule has 37 heavy (non-hydrogen) atoms. The van der Waals surface area contributed by atoms with E-state index in [4.69, 9.17) is 0 Å². The lowest BCUT2D eigenvalue weighted by Gasteiger charge is -2.17. The van der Waals surface area contributed by atoms with Crippen molar-refractivity contribution >= 4 is 34.1 Å². The average Bonchev–Trinajstić information content (AvgIpc) is 3.69. The molecule has 1 fully saturated rings. The zero-order valence-electron chi connectivity index (χ0n) is 20.1. The smallest absolute Gasteiger partial charge is 0.272 e. The number of nitrogens with zero attached hydrogens (tertiary/aromatic N) is 3. The van der Waals surface area contributed by atoms with Gasteiger partial charge in [-0.3, -0.25) is 24.7 Å². The molecule has 3 heterocycles. The van der Waals surface area contributed by atoms with Crippen molar-refractivity contribution in [2.75, 3.05) is 11.9 Å². The number of H-pyrrole nitrogens is 1. The van der Waals surface area contributed by atoms with Crippen LogP contribution in [-0.4, -0.2) is 45.3 Å². The third kappa shape index (κ3) is 5.18. The van der Waals surface area contributed by atoms with Crippen LogP contribution >= 0.6 is 0 Å². The van der Waals surface area contributed by atoms with Gasteiger partial charge in [-0.25, -0.2) is 0 Å². The molecule has 2 aliphatic rings. The highest BCUT2D eigenvalue weighted by Gasteiger charge is 2.29. The number of rotatable bonds is 7. The average molecular weight is 491 g/mol. The number of hydrogen-bond acceptors (Lipinski definition) is 5. The summed E-state index contributed by atoms with van der Waals surface area (Å²) in [4.78, 5) is 34.2. The summed E-state index contributed by atoms with van der Waals surface area (Å²) in [6.45, 7) is 0.489. The Bertz CT molecular complexity index is 1530. The molecule has 0 radical (unpaired) electrons. The van der Waals surface area contributed by atoms with E-state index in [-0.39, 0.29) is 23.8 Å². The molecule has 6 rings (SSSR count). The Kier molecular flexibility index (Phi) is 6.06. The van der Waals surface area contributed by atoms with E-state index in [1.165, 1.54) is 5.56 Å². The predicted octanol–water partition coefficient (Wildman–Crippen LogP) is 4.33. The van der Waals surface area contributed by atoms with Gasteiger partial charge in [-0.1, -0.05) is 42.5 Å². The SMILES string of the molecule is O=C(NC1C=CC(Cc2ccccc2)=NC1)c1n[nH]c2ccc(-c3cncc(NC(=O)C4CC4)c3)cc12. The quantitative estimate of drug-likeness (QED) is 0.358. The minimum absolute atomic E-state index is 0.0384. The Morgan fingerprint density at radius 3 is 2.65 bits per heavy atom. The molecule has 1 aliphatic heterocycles. The summed E-state index contributed by atoms with van der Waals surface area (Å²) in [5.74, 6) is -0.105. The van der Waals surface area contributed by atoms with Crippen LogP contribution in [0.5, 0.6) is 0 Å². The van der Waals surface area contributed by atoms with Crippen LogP contribution in [0.4, 0.5) is 5.69 Å². The summed E-state index contributed by atoms with van der Waals surface area (Å²) in [7, 11) is 0. The van der Waals surface area contributed by atoms with Gasteiger partial charge < -0.3 is 10.6 Å². The Hall–Kier alpha value is -4.59. The van der Waals surface area contributed by atoms with Crippen molar-refractivity contribution in [2.24, 2.45) is 10.9 Å². The number of aromatic amines is 1. The van der Waals surface area contributed by atoms with Crippen LogP contribution in [0, 0.1) is 5.92 Å². The lowest BCUT2D eigenvalue weighted by atomic mass is 10.0. The van der Waals surface area contributed by atoms with Gasteiger partial charge in [0.05, 0.1) is 30.0 Å². The molecule has 1 aliphatic carbocycles. The van der Waals surface area contributed by atoms with E-state index in [9.17, 15) is 9.59 Å². The van der Waals surface area contributed by atoms with Crippen molar-refractivity contribution < 1.29 is 9.59 Å². The number of amides is 2. The van der Waals surface area contributed by atoms with Crippen molar-refractivity contribution in [3.63, 3.8) is 0 Å². The second kappa shape index (κ2) is 9.81. The molecule has 8 heteroatoms. The fourth-order valence-corrected chi connectivity index (χ4v) is 4.43. The monoisotopic (exact) mass is 490 g/mol. The molecule has 1 atom stereocenters. The van der Waals surface area contributed by atoms with Crippen LogP contribution in [0.3, 0.4) is 0 Å². The number of hydrogen-bond donors (Lipinski definition) is 3. The lowest BCUT2D eigenvalue weighted by Crippen LogP contribution is -2.37. The number of fused-ring (bicyclic) bond motifs is 1. The molecular formula is C29H26N6O2. The molecule has 4 aromatic rings. The summed E-state index contributed by atoms with van der Waals surface area (Å²) in [6, 6.07) is 17.7. The molecule has 0 saturated heterocycles. The van der Waals surface area contributed by atoms with Gasteiger partial charge in [-0.2, -0.15) is 5.10 Å². The number of pyridine rings is 1. The number of dihydropyridines is 1. The number of aliphatic imine (C=N–C) groups is 1. The minimum atomic E-state index is -0.261. The van der Waals surface area contributed by atoms with Gasteiger partial charge in [-0.05, 0) is 48.2 Å². The largest absolute Gasteiger partial charge is 0.343 e. The molecule has 1 unspecified atom stereocenters. The standard InChI is InChI=1S/C29H26N6O2/c36-28(19-6-7-19)33-24-13-21(15-30-16-24)20-8-11-26-25(14-20)27(35-34-26)29(37)32-23-10-9-22(31-17-23)12-18-4-2-1-3-5-18/h1-5,8-11,13-16,19,23H,6-7,12,17H2,(H,32,37)(H,33,36)(H,34,35). The molecular weight excluding hydrogens is 464 g/mol. The highest BCUT2D eigenvalue weighted by Crippen LogP contribution is 2.31. The third-order valence-electron chi connectivity index (χ3n) is 6.62. The molecule has 2 aromatic carbocycles. The molecule has 1 saturated carbocycles. The van der Waals surface area contributed by atoms with Crippen LogP contribution in [0.2, 0.25) is 0 Å². The number of nitrogens with one attached hydrogen (secondary N) is 3. The summed E-state index contributed by atoms with van der Waals surface area (Å²) in [5, 5.41) is 13.9. The molecule has 184 valence electrons. The van der Waals surface area contributed by atoms with Gasteiger partial charge in [0.25, 0.3) is 5.91 Å². The van der Waals surface area contributed by atoms with Crippen molar-refractivity contribution in [3.8, 4) is 11.1 Å². The van der Waals surface area contributed by atoms with Gasteiger partial charge in [0, 0.05) is 35.2 Å². The maximum absolute atomic E-state index is 13.1. The normalized spacial score (nSPS) is 16.9. The maximum atomic E-state index is 13.1. The topological polar surface area (TPSA) is 112 Å². The van der Waals surface area contributed by atoms with E-state index >= 15 is 0 Å². The Morgan fingerprint density at radius 2 is 1.86 bits per heavy atom. The third-order valence-corrected chi connectivity index (χ3v) is 6.62. The van der Waals surface area contributed by atoms with E-state index in [0.717, 1.165) is 47.0 Å². The highest BCUT2D eigenvalue weighted by atomic mass is 16.2. The molecule has 0 spiro atoms. The van der Waals surface area contributed by atoms with E-state index in [1.54, 1.807) is 12.4 Å². The Labute approximate surface area is 213 Å². The van der Waals surface area contributed by atoms with Gasteiger partial charge in [0.2, 0.25) is 5.91 Å². The van der Waals surface area contributed by atoms with Crippen molar-refractivity contribution in [2.45, 2.75) is 25.3 Å². The van der Waals surface area contributed by atoms with Gasteiger partial charge in [-0.15, -0.1) is 0 Å². The van der Waals surface area contributed by atoms with Gasteiger partial charge in [0.1, 0.15) is 0 Å². The lowest BCUT2D eigenvalue weighted by molar-refractivity contribution is -0.117. The first-order valence-electron chi connectivity index (χ1n) is 12.4. The fourth-order valence-electron chi connectivity index (χ4n) is 4.43. The molecule has 2 amide bonds. The fraction of sp³-hybridized carbons (Fsp3) is 0.207. The van der Waals surface area contributed by atoms with Crippen LogP contribution in [0.1, 0.15) is 28.9 Å². The summed E-state index contributed by atoms with van der Waals surface area (Å²) >= 11 is 0. The van der Waals surface area contributed by atoms with Crippen molar-refractivity contribution in [1.29, 1.82) is 0 Å². The summed E-state index contributed by atoms with van der Waals surface area (Å²) in [6.07, 6.45) is 10.00. The van der Waals surface area contributed by atoms with Crippen molar-refractivity contribution in [1.82, 2.24) is 20.5 Å². The first-order valence-corrected chi connectivity index (χ1v) is 12.4. The second-order valence-corrected chi connectivity index (χ2v) is 9.49. The second-order valence-electron chi connectivity index (χ2n) is 9.49. The molecule has 2 aromatic heterocycles. The molecule has 0 bridgehead atoms. The minimum Gasteiger partial charge on any atom is -0.343 e. The molecule has 3 N–H and O–H groups in total. The summed E-state index contributed by atoms with van der Waals surface area (Å²) < 4.78 is 0. The van der Waals surface area contributed by atoms with Gasteiger partial charge in [0.15, 0.2) is 5.69 Å². The number of aromatic nitrogens is 3. The van der Waals surface area contributed by atoms with E-state index < -0.39 is 0 Å². The number of carbonyl (C=O) groups is 2. The maximum Gasteiger partial charge on any atom is 0.272 e. The van der Waals surface area contributed by atoms with Crippen LogP contribution in [0.15, 0.2) is 84.1 Å². The number of allylic oxidation sites excluding steroid dienone is 1. The van der Waals surface area contributed by atoms with Crippen LogP contribution in [0.25, 0.3) is 22.0 Å².